The maximum atomic E-state index is 6.08. The van der Waals surface area contributed by atoms with Crippen LogP contribution in [0.5, 0.6) is 0 Å². The molecule has 0 amide bonds. The molecule has 0 aliphatic carbocycles. The number of benzene rings is 2. The lowest BCUT2D eigenvalue weighted by Gasteiger charge is -2.06. The van der Waals surface area contributed by atoms with Crippen molar-refractivity contribution in [3.63, 3.8) is 0 Å². The molecular weight excluding hydrogens is 256 g/mol. The van der Waals surface area contributed by atoms with Crippen molar-refractivity contribution < 1.29 is 0 Å². The number of allylic oxidation sites excluding steroid dienone is 1. The van der Waals surface area contributed by atoms with Crippen LogP contribution in [0.2, 0.25) is 5.02 Å². The van der Waals surface area contributed by atoms with Crippen LogP contribution in [0.4, 0.5) is 0 Å². The van der Waals surface area contributed by atoms with Gasteiger partial charge in [0.2, 0.25) is 0 Å². The van der Waals surface area contributed by atoms with E-state index in [1.807, 2.05) is 42.5 Å². The second kappa shape index (κ2) is 4.90. The maximum Gasteiger partial charge on any atom is 0.141 e. The van der Waals surface area contributed by atoms with Gasteiger partial charge in [-0.2, -0.15) is 0 Å². The molecule has 0 unspecified atom stereocenters. The molecule has 2 nitrogen and oxygen atoms in total. The van der Waals surface area contributed by atoms with Crippen molar-refractivity contribution in [2.24, 2.45) is 0 Å². The Labute approximate surface area is 117 Å². The molecule has 3 heteroatoms. The molecule has 0 aliphatic rings. The fourth-order valence-electron chi connectivity index (χ4n) is 2.22. The number of halogens is 1. The van der Waals surface area contributed by atoms with E-state index in [0.717, 1.165) is 27.4 Å². The third-order valence-corrected chi connectivity index (χ3v) is 3.29. The van der Waals surface area contributed by atoms with Gasteiger partial charge in [-0.25, -0.2) is 4.98 Å². The summed E-state index contributed by atoms with van der Waals surface area (Å²) in [6, 6.07) is 15.9. The van der Waals surface area contributed by atoms with E-state index in [0.29, 0.717) is 6.54 Å². The van der Waals surface area contributed by atoms with Crippen LogP contribution in [0.25, 0.3) is 22.4 Å². The Morgan fingerprint density at radius 2 is 1.95 bits per heavy atom. The second-order valence-corrected chi connectivity index (χ2v) is 4.77. The zero-order chi connectivity index (χ0) is 13.2. The number of hydrogen-bond donors (Lipinski definition) is 0. The molecule has 2 aromatic carbocycles. The highest BCUT2D eigenvalue weighted by atomic mass is 35.5. The summed E-state index contributed by atoms with van der Waals surface area (Å²) in [4.78, 5) is 4.70. The van der Waals surface area contributed by atoms with Crippen molar-refractivity contribution in [1.82, 2.24) is 9.55 Å². The molecule has 19 heavy (non-hydrogen) atoms. The molecule has 0 fully saturated rings. The Morgan fingerprint density at radius 3 is 2.68 bits per heavy atom. The third-order valence-electron chi connectivity index (χ3n) is 3.05. The summed E-state index contributed by atoms with van der Waals surface area (Å²) in [5.74, 6) is 0.942. The van der Waals surface area contributed by atoms with E-state index in [-0.39, 0.29) is 0 Å². The van der Waals surface area contributed by atoms with Gasteiger partial charge in [0.1, 0.15) is 5.82 Å². The van der Waals surface area contributed by atoms with E-state index in [1.54, 1.807) is 0 Å². The first-order valence-electron chi connectivity index (χ1n) is 6.11. The molecule has 3 rings (SSSR count). The zero-order valence-corrected chi connectivity index (χ0v) is 11.1. The van der Waals surface area contributed by atoms with E-state index in [4.69, 9.17) is 16.6 Å². The average molecular weight is 269 g/mol. The van der Waals surface area contributed by atoms with Gasteiger partial charge in [-0.15, -0.1) is 6.58 Å². The molecule has 1 heterocycles. The fourth-order valence-corrected chi connectivity index (χ4v) is 2.38. The molecule has 0 spiro atoms. The molecule has 0 radical (unpaired) electrons. The third kappa shape index (κ3) is 2.15. The Bertz CT molecular complexity index is 729. The van der Waals surface area contributed by atoms with Gasteiger partial charge in [-0.1, -0.05) is 48.0 Å². The van der Waals surface area contributed by atoms with Crippen molar-refractivity contribution in [3.8, 4) is 11.4 Å². The molecular formula is C16H13ClN2. The number of aromatic nitrogens is 2. The van der Waals surface area contributed by atoms with E-state index >= 15 is 0 Å². The number of fused-ring (bicyclic) bond motifs is 1. The van der Waals surface area contributed by atoms with E-state index < -0.39 is 0 Å². The summed E-state index contributed by atoms with van der Waals surface area (Å²) >= 11 is 6.08. The molecule has 0 saturated carbocycles. The highest BCUT2D eigenvalue weighted by Gasteiger charge is 2.11. The minimum Gasteiger partial charge on any atom is -0.320 e. The van der Waals surface area contributed by atoms with Crippen molar-refractivity contribution >= 4 is 22.6 Å². The Balaban J connectivity index is 2.29. The summed E-state index contributed by atoms with van der Waals surface area (Å²) in [7, 11) is 0. The van der Waals surface area contributed by atoms with Crippen LogP contribution in [0, 0.1) is 0 Å². The normalized spacial score (nSPS) is 10.8. The second-order valence-electron chi connectivity index (χ2n) is 4.33. The van der Waals surface area contributed by atoms with Crippen molar-refractivity contribution in [2.45, 2.75) is 6.54 Å². The first-order valence-corrected chi connectivity index (χ1v) is 6.49. The predicted octanol–water partition coefficient (Wildman–Crippen LogP) is 4.54. The van der Waals surface area contributed by atoms with Gasteiger partial charge in [-0.3, -0.25) is 0 Å². The number of imidazole rings is 1. The minimum absolute atomic E-state index is 0.709. The molecule has 0 saturated heterocycles. The van der Waals surface area contributed by atoms with E-state index in [2.05, 4.69) is 23.3 Å². The summed E-state index contributed by atoms with van der Waals surface area (Å²) < 4.78 is 2.13. The molecule has 94 valence electrons. The summed E-state index contributed by atoms with van der Waals surface area (Å²) in [5, 5.41) is 0.720. The highest BCUT2D eigenvalue weighted by molar-refractivity contribution is 6.31. The lowest BCUT2D eigenvalue weighted by molar-refractivity contribution is 0.862. The molecule has 1 aromatic heterocycles. The Kier molecular flexibility index (Phi) is 3.10. The Morgan fingerprint density at radius 1 is 1.16 bits per heavy atom. The van der Waals surface area contributed by atoms with Crippen LogP contribution in [-0.4, -0.2) is 9.55 Å². The van der Waals surface area contributed by atoms with E-state index in [1.165, 1.54) is 0 Å². The van der Waals surface area contributed by atoms with Crippen molar-refractivity contribution in [3.05, 3.63) is 66.2 Å². The molecule has 0 aliphatic heterocycles. The van der Waals surface area contributed by atoms with Gasteiger partial charge in [-0.05, 0) is 18.2 Å². The zero-order valence-electron chi connectivity index (χ0n) is 10.4. The van der Waals surface area contributed by atoms with E-state index in [9.17, 15) is 0 Å². The fraction of sp³-hybridized carbons (Fsp3) is 0.0625. The first-order chi connectivity index (χ1) is 9.29. The number of rotatable bonds is 3. The first kappa shape index (κ1) is 12.0. The van der Waals surface area contributed by atoms with Gasteiger partial charge in [0, 0.05) is 17.1 Å². The highest BCUT2D eigenvalue weighted by Crippen LogP contribution is 2.26. The van der Waals surface area contributed by atoms with Gasteiger partial charge in [0.25, 0.3) is 0 Å². The molecule has 3 aromatic rings. The van der Waals surface area contributed by atoms with Crippen molar-refractivity contribution in [1.29, 1.82) is 0 Å². The maximum absolute atomic E-state index is 6.08. The van der Waals surface area contributed by atoms with Crippen LogP contribution in [0.1, 0.15) is 0 Å². The van der Waals surface area contributed by atoms with Crippen LogP contribution < -0.4 is 0 Å². The monoisotopic (exact) mass is 268 g/mol. The quantitative estimate of drug-likeness (QED) is 0.638. The molecule has 0 bridgehead atoms. The lowest BCUT2D eigenvalue weighted by atomic mass is 10.2. The predicted molar refractivity (Wildman–Crippen MR) is 80.4 cm³/mol. The summed E-state index contributed by atoms with van der Waals surface area (Å²) in [6.07, 6.45) is 1.87. The topological polar surface area (TPSA) is 17.8 Å². The minimum atomic E-state index is 0.709. The van der Waals surface area contributed by atoms with Crippen LogP contribution in [-0.2, 0) is 6.54 Å². The van der Waals surface area contributed by atoms with Gasteiger partial charge < -0.3 is 4.57 Å². The lowest BCUT2D eigenvalue weighted by Crippen LogP contribution is -1.98. The standard InChI is InChI=1S/C16H13ClN2/c1-2-10-19-15-11-13(17)8-9-14(15)18-16(19)12-6-4-3-5-7-12/h2-9,11H,1,10H2. The molecule has 0 N–H and O–H groups in total. The largest absolute Gasteiger partial charge is 0.320 e. The smallest absolute Gasteiger partial charge is 0.141 e. The van der Waals surface area contributed by atoms with Crippen LogP contribution in [0.3, 0.4) is 0 Å². The summed E-state index contributed by atoms with van der Waals surface area (Å²) in [6.45, 7) is 4.53. The molecule has 0 atom stereocenters. The van der Waals surface area contributed by atoms with Crippen LogP contribution >= 0.6 is 11.6 Å². The Hall–Kier alpha value is -2.06. The van der Waals surface area contributed by atoms with Crippen LogP contribution in [0.15, 0.2) is 61.2 Å². The van der Waals surface area contributed by atoms with Gasteiger partial charge >= 0.3 is 0 Å². The summed E-state index contributed by atoms with van der Waals surface area (Å²) in [5.41, 5.74) is 3.08. The number of hydrogen-bond acceptors (Lipinski definition) is 1. The van der Waals surface area contributed by atoms with Gasteiger partial charge in [0.15, 0.2) is 0 Å². The van der Waals surface area contributed by atoms with Gasteiger partial charge in [0.05, 0.1) is 11.0 Å². The number of nitrogens with zero attached hydrogens (tertiary/aromatic N) is 2. The average Bonchev–Trinajstić information content (AvgIpc) is 2.79. The van der Waals surface area contributed by atoms with Crippen molar-refractivity contribution in [2.75, 3.05) is 0 Å². The SMILES string of the molecule is C=CCn1c(-c2ccccc2)nc2ccc(Cl)cc21.